The van der Waals surface area contributed by atoms with Crippen LogP contribution in [-0.4, -0.2) is 15.9 Å². The van der Waals surface area contributed by atoms with E-state index in [4.69, 9.17) is 0 Å². The van der Waals surface area contributed by atoms with Gasteiger partial charge < -0.3 is 10.3 Å². The van der Waals surface area contributed by atoms with E-state index in [1.165, 1.54) is 13.0 Å². The van der Waals surface area contributed by atoms with Crippen molar-refractivity contribution >= 4 is 11.6 Å². The molecule has 2 rings (SSSR count). The molecule has 0 saturated heterocycles. The van der Waals surface area contributed by atoms with Gasteiger partial charge in [-0.2, -0.15) is 0 Å². The third-order valence-electron chi connectivity index (χ3n) is 2.80. The highest BCUT2D eigenvalue weighted by Crippen LogP contribution is 2.13. The molecule has 0 bridgehead atoms. The minimum absolute atomic E-state index is 0.0670. The summed E-state index contributed by atoms with van der Waals surface area (Å²) in [7, 11) is 0. The molecule has 1 aromatic heterocycles. The number of rotatable bonds is 3. The van der Waals surface area contributed by atoms with Crippen molar-refractivity contribution in [3.05, 3.63) is 61.9 Å². The molecule has 1 amide bonds. The Kier molecular flexibility index (Phi) is 3.97. The predicted molar refractivity (Wildman–Crippen MR) is 71.1 cm³/mol. The number of carbonyl (C=O) groups is 1. The van der Waals surface area contributed by atoms with Crippen molar-refractivity contribution in [2.45, 2.75) is 13.3 Å². The van der Waals surface area contributed by atoms with Crippen LogP contribution in [0.1, 0.15) is 11.3 Å². The summed E-state index contributed by atoms with van der Waals surface area (Å²) in [5.41, 5.74) is -0.907. The van der Waals surface area contributed by atoms with Gasteiger partial charge in [0.25, 0.3) is 5.56 Å². The zero-order chi connectivity index (χ0) is 15.6. The van der Waals surface area contributed by atoms with Crippen LogP contribution < -0.4 is 16.6 Å². The topological polar surface area (TPSA) is 94.8 Å². The second-order valence-electron chi connectivity index (χ2n) is 4.37. The second-order valence-corrected chi connectivity index (χ2v) is 4.37. The largest absolute Gasteiger partial charge is 0.326 e. The van der Waals surface area contributed by atoms with E-state index < -0.39 is 28.8 Å². The quantitative estimate of drug-likeness (QED) is 0.782. The first-order valence-corrected chi connectivity index (χ1v) is 5.94. The van der Waals surface area contributed by atoms with Gasteiger partial charge >= 0.3 is 5.69 Å². The van der Waals surface area contributed by atoms with Crippen molar-refractivity contribution in [3.8, 4) is 0 Å². The average Bonchev–Trinajstić information content (AvgIpc) is 2.38. The van der Waals surface area contributed by atoms with Crippen molar-refractivity contribution in [1.82, 2.24) is 9.97 Å². The van der Waals surface area contributed by atoms with Gasteiger partial charge in [0.15, 0.2) is 11.6 Å². The lowest BCUT2D eigenvalue weighted by Gasteiger charge is -2.06. The van der Waals surface area contributed by atoms with Crippen LogP contribution in [-0.2, 0) is 11.2 Å². The van der Waals surface area contributed by atoms with Crippen molar-refractivity contribution in [3.63, 3.8) is 0 Å². The molecule has 0 atom stereocenters. The molecule has 2 aromatic rings. The first-order valence-electron chi connectivity index (χ1n) is 5.94. The van der Waals surface area contributed by atoms with E-state index in [0.717, 1.165) is 12.1 Å². The lowest BCUT2D eigenvalue weighted by atomic mass is 10.1. The van der Waals surface area contributed by atoms with Gasteiger partial charge in [0, 0.05) is 23.0 Å². The lowest BCUT2D eigenvalue weighted by Crippen LogP contribution is -2.29. The van der Waals surface area contributed by atoms with E-state index in [1.54, 1.807) is 0 Å². The lowest BCUT2D eigenvalue weighted by molar-refractivity contribution is -0.115. The van der Waals surface area contributed by atoms with Crippen LogP contribution in [0.25, 0.3) is 0 Å². The standard InChI is InChI=1S/C13H11F2N3O3/c1-6-8(12(20)18-13(21)16-6)5-11(19)17-7-2-3-9(14)10(15)4-7/h2-4H,5H2,1H3,(H,17,19)(H2,16,18,20,21). The molecule has 0 fully saturated rings. The Balaban J connectivity index is 2.17. The van der Waals surface area contributed by atoms with Gasteiger partial charge in [-0.1, -0.05) is 0 Å². The smallest absolute Gasteiger partial charge is 0.325 e. The molecule has 6 nitrogen and oxygen atoms in total. The van der Waals surface area contributed by atoms with Crippen molar-refractivity contribution in [2.24, 2.45) is 0 Å². The van der Waals surface area contributed by atoms with Gasteiger partial charge in [-0.25, -0.2) is 13.6 Å². The first-order chi connectivity index (χ1) is 9.86. The number of aromatic nitrogens is 2. The maximum Gasteiger partial charge on any atom is 0.325 e. The first kappa shape index (κ1) is 14.6. The van der Waals surface area contributed by atoms with Crippen LogP contribution in [0.15, 0.2) is 27.8 Å². The molecule has 8 heteroatoms. The number of nitrogens with one attached hydrogen (secondary N) is 3. The Morgan fingerprint density at radius 1 is 1.19 bits per heavy atom. The monoisotopic (exact) mass is 295 g/mol. The molecule has 1 aromatic carbocycles. The summed E-state index contributed by atoms with van der Waals surface area (Å²) < 4.78 is 25.8. The molecule has 0 aliphatic rings. The minimum Gasteiger partial charge on any atom is -0.326 e. The van der Waals surface area contributed by atoms with Gasteiger partial charge in [-0.05, 0) is 19.1 Å². The Labute approximate surface area is 116 Å². The van der Waals surface area contributed by atoms with Crippen molar-refractivity contribution < 1.29 is 13.6 Å². The van der Waals surface area contributed by atoms with Crippen LogP contribution in [0.3, 0.4) is 0 Å². The highest BCUT2D eigenvalue weighted by molar-refractivity contribution is 5.92. The van der Waals surface area contributed by atoms with Gasteiger partial charge in [-0.3, -0.25) is 14.6 Å². The van der Waals surface area contributed by atoms with E-state index in [2.05, 4.69) is 10.3 Å². The van der Waals surface area contributed by atoms with Crippen LogP contribution >= 0.6 is 0 Å². The fourth-order valence-electron chi connectivity index (χ4n) is 1.78. The molecule has 110 valence electrons. The Morgan fingerprint density at radius 3 is 2.52 bits per heavy atom. The average molecular weight is 295 g/mol. The molecular formula is C13H11F2N3O3. The Bertz CT molecular complexity index is 811. The number of halogens is 2. The number of benzene rings is 1. The summed E-state index contributed by atoms with van der Waals surface area (Å²) in [4.78, 5) is 38.8. The molecule has 0 radical (unpaired) electrons. The predicted octanol–water partition coefficient (Wildman–Crippen LogP) is 0.831. The number of aromatic amines is 2. The minimum atomic E-state index is -1.09. The summed E-state index contributed by atoms with van der Waals surface area (Å²) in [6.45, 7) is 1.48. The number of anilines is 1. The van der Waals surface area contributed by atoms with Crippen molar-refractivity contribution in [2.75, 3.05) is 5.32 Å². The van der Waals surface area contributed by atoms with E-state index in [9.17, 15) is 23.2 Å². The highest BCUT2D eigenvalue weighted by atomic mass is 19.2. The maximum atomic E-state index is 13.0. The van der Waals surface area contributed by atoms with Gasteiger partial charge in [0.2, 0.25) is 5.91 Å². The van der Waals surface area contributed by atoms with E-state index in [-0.39, 0.29) is 23.4 Å². The van der Waals surface area contributed by atoms with Gasteiger partial charge in [0.1, 0.15) is 0 Å². The number of amides is 1. The Hall–Kier alpha value is -2.77. The molecule has 0 aliphatic heterocycles. The number of aryl methyl sites for hydroxylation is 1. The molecule has 1 heterocycles. The fraction of sp³-hybridized carbons (Fsp3) is 0.154. The third kappa shape index (κ3) is 3.41. The van der Waals surface area contributed by atoms with E-state index in [1.807, 2.05) is 4.98 Å². The number of hydrogen-bond donors (Lipinski definition) is 3. The van der Waals surface area contributed by atoms with Crippen LogP contribution in [0, 0.1) is 18.6 Å². The summed E-state index contributed by atoms with van der Waals surface area (Å²) in [6, 6.07) is 2.90. The van der Waals surface area contributed by atoms with Gasteiger partial charge in [-0.15, -0.1) is 0 Å². The van der Waals surface area contributed by atoms with Crippen LogP contribution in [0.5, 0.6) is 0 Å². The van der Waals surface area contributed by atoms with Gasteiger partial charge in [0.05, 0.1) is 6.42 Å². The fourth-order valence-corrected chi connectivity index (χ4v) is 1.78. The molecule has 0 spiro atoms. The molecule has 0 aliphatic carbocycles. The number of H-pyrrole nitrogens is 2. The van der Waals surface area contributed by atoms with Crippen LogP contribution in [0.4, 0.5) is 14.5 Å². The summed E-state index contributed by atoms with van der Waals surface area (Å²) in [6.07, 6.45) is -0.309. The summed E-state index contributed by atoms with van der Waals surface area (Å²) in [5.74, 6) is -2.71. The second kappa shape index (κ2) is 5.70. The zero-order valence-electron chi connectivity index (χ0n) is 10.9. The highest BCUT2D eigenvalue weighted by Gasteiger charge is 2.12. The Morgan fingerprint density at radius 2 is 1.90 bits per heavy atom. The van der Waals surface area contributed by atoms with Crippen LogP contribution in [0.2, 0.25) is 0 Å². The SMILES string of the molecule is Cc1[nH]c(=O)[nH]c(=O)c1CC(=O)Nc1ccc(F)c(F)c1. The molecular weight excluding hydrogens is 284 g/mol. The van der Waals surface area contributed by atoms with E-state index in [0.29, 0.717) is 0 Å². The van der Waals surface area contributed by atoms with Crippen molar-refractivity contribution in [1.29, 1.82) is 0 Å². The maximum absolute atomic E-state index is 13.0. The summed E-state index contributed by atoms with van der Waals surface area (Å²) in [5, 5.41) is 2.34. The molecule has 3 N–H and O–H groups in total. The third-order valence-corrected chi connectivity index (χ3v) is 2.80. The normalized spacial score (nSPS) is 10.4. The number of carbonyl (C=O) groups excluding carboxylic acids is 1. The molecule has 0 saturated carbocycles. The summed E-state index contributed by atoms with van der Waals surface area (Å²) >= 11 is 0. The number of hydrogen-bond acceptors (Lipinski definition) is 3. The molecule has 21 heavy (non-hydrogen) atoms. The molecule has 0 unspecified atom stereocenters. The van der Waals surface area contributed by atoms with E-state index >= 15 is 0 Å². The zero-order valence-corrected chi connectivity index (χ0v) is 10.9.